The SMILES string of the molecule is CSC(N)=NCCc1ccc(Cl)cc1.I. The maximum absolute atomic E-state index is 5.77. The maximum atomic E-state index is 5.77. The molecule has 0 saturated heterocycles. The highest BCUT2D eigenvalue weighted by Crippen LogP contribution is 2.09. The van der Waals surface area contributed by atoms with Crippen LogP contribution in [0.1, 0.15) is 5.56 Å². The van der Waals surface area contributed by atoms with Crippen LogP contribution in [0.4, 0.5) is 0 Å². The number of nitrogens with two attached hydrogens (primary N) is 1. The van der Waals surface area contributed by atoms with E-state index in [9.17, 15) is 0 Å². The third kappa shape index (κ3) is 6.27. The van der Waals surface area contributed by atoms with Gasteiger partial charge in [0.2, 0.25) is 0 Å². The maximum Gasteiger partial charge on any atom is 0.153 e. The average molecular weight is 357 g/mol. The summed E-state index contributed by atoms with van der Waals surface area (Å²) in [6, 6.07) is 7.79. The van der Waals surface area contributed by atoms with Gasteiger partial charge in [-0.2, -0.15) is 0 Å². The number of aliphatic imine (C=N–C) groups is 1. The fourth-order valence-corrected chi connectivity index (χ4v) is 1.36. The molecule has 0 atom stereocenters. The normalized spacial score (nSPS) is 10.9. The molecular weight excluding hydrogens is 343 g/mol. The first-order valence-corrected chi connectivity index (χ1v) is 5.91. The van der Waals surface area contributed by atoms with E-state index in [2.05, 4.69) is 4.99 Å². The molecule has 0 amide bonds. The Morgan fingerprint density at radius 2 is 2.00 bits per heavy atom. The summed E-state index contributed by atoms with van der Waals surface area (Å²) >= 11 is 7.24. The minimum Gasteiger partial charge on any atom is -0.379 e. The van der Waals surface area contributed by atoms with Gasteiger partial charge in [0, 0.05) is 11.6 Å². The van der Waals surface area contributed by atoms with Crippen LogP contribution >= 0.6 is 47.3 Å². The number of hydrogen-bond donors (Lipinski definition) is 1. The fraction of sp³-hybridized carbons (Fsp3) is 0.300. The van der Waals surface area contributed by atoms with Gasteiger partial charge in [0.05, 0.1) is 0 Å². The van der Waals surface area contributed by atoms with E-state index in [1.807, 2.05) is 30.5 Å². The molecular formula is C10H14ClIN2S. The molecule has 15 heavy (non-hydrogen) atoms. The van der Waals surface area contributed by atoms with Crippen LogP contribution in [0.5, 0.6) is 0 Å². The molecule has 0 fully saturated rings. The Balaban J connectivity index is 0.00000196. The van der Waals surface area contributed by atoms with E-state index in [1.165, 1.54) is 17.3 Å². The fourth-order valence-electron chi connectivity index (χ4n) is 1.01. The predicted octanol–water partition coefficient (Wildman–Crippen LogP) is 3.18. The highest BCUT2D eigenvalue weighted by Gasteiger charge is 1.93. The Labute approximate surface area is 117 Å². The summed E-state index contributed by atoms with van der Waals surface area (Å²) in [5, 5.41) is 1.40. The standard InChI is InChI=1S/C10H13ClN2S.HI/c1-14-10(12)13-7-6-8-2-4-9(11)5-3-8;/h2-5H,6-7H2,1H3,(H2,12,13);1H. The first kappa shape index (κ1) is 15.1. The summed E-state index contributed by atoms with van der Waals surface area (Å²) in [5.41, 5.74) is 6.78. The zero-order chi connectivity index (χ0) is 10.4. The first-order valence-electron chi connectivity index (χ1n) is 4.30. The molecule has 2 nitrogen and oxygen atoms in total. The van der Waals surface area contributed by atoms with E-state index < -0.39 is 0 Å². The van der Waals surface area contributed by atoms with Gasteiger partial charge in [-0.3, -0.25) is 4.99 Å². The number of amidine groups is 1. The van der Waals surface area contributed by atoms with Crippen LogP contribution in [0.3, 0.4) is 0 Å². The highest BCUT2D eigenvalue weighted by molar-refractivity contribution is 14.0. The number of rotatable bonds is 3. The van der Waals surface area contributed by atoms with Gasteiger partial charge < -0.3 is 5.73 Å². The zero-order valence-electron chi connectivity index (χ0n) is 8.44. The Hall–Kier alpha value is 0.0600. The van der Waals surface area contributed by atoms with E-state index in [1.54, 1.807) is 0 Å². The van der Waals surface area contributed by atoms with Crippen LogP contribution < -0.4 is 5.73 Å². The van der Waals surface area contributed by atoms with Crippen LogP contribution in [-0.4, -0.2) is 18.0 Å². The molecule has 0 aliphatic rings. The summed E-state index contributed by atoms with van der Waals surface area (Å²) in [5.74, 6) is 0. The van der Waals surface area contributed by atoms with Crippen LogP contribution in [-0.2, 0) is 6.42 Å². The van der Waals surface area contributed by atoms with E-state index >= 15 is 0 Å². The number of hydrogen-bond acceptors (Lipinski definition) is 2. The number of nitrogens with zero attached hydrogens (tertiary/aromatic N) is 1. The molecule has 0 bridgehead atoms. The third-order valence-electron chi connectivity index (χ3n) is 1.79. The number of halogens is 2. The lowest BCUT2D eigenvalue weighted by Gasteiger charge is -1.99. The molecule has 84 valence electrons. The third-order valence-corrected chi connectivity index (χ3v) is 2.59. The molecule has 1 aromatic rings. The van der Waals surface area contributed by atoms with Crippen molar-refractivity contribution in [3.8, 4) is 0 Å². The summed E-state index contributed by atoms with van der Waals surface area (Å²) in [7, 11) is 0. The monoisotopic (exact) mass is 356 g/mol. The molecule has 0 heterocycles. The topological polar surface area (TPSA) is 38.4 Å². The first-order chi connectivity index (χ1) is 6.72. The van der Waals surface area contributed by atoms with Gasteiger partial charge in [-0.1, -0.05) is 35.5 Å². The Bertz CT molecular complexity index is 314. The van der Waals surface area contributed by atoms with Crippen LogP contribution in [0.15, 0.2) is 29.3 Å². The van der Waals surface area contributed by atoms with Gasteiger partial charge in [-0.15, -0.1) is 24.0 Å². The van der Waals surface area contributed by atoms with E-state index in [4.69, 9.17) is 17.3 Å². The lowest BCUT2D eigenvalue weighted by molar-refractivity contribution is 0.970. The van der Waals surface area contributed by atoms with Crippen molar-refractivity contribution in [3.05, 3.63) is 34.9 Å². The second kappa shape index (κ2) is 8.24. The van der Waals surface area contributed by atoms with E-state index in [0.717, 1.165) is 18.0 Å². The lowest BCUT2D eigenvalue weighted by Crippen LogP contribution is -2.06. The highest BCUT2D eigenvalue weighted by atomic mass is 127. The quantitative estimate of drug-likeness (QED) is 0.513. The smallest absolute Gasteiger partial charge is 0.153 e. The molecule has 2 N–H and O–H groups in total. The molecule has 0 aliphatic carbocycles. The molecule has 0 radical (unpaired) electrons. The summed E-state index contributed by atoms with van der Waals surface area (Å²) in [6.07, 6.45) is 2.82. The van der Waals surface area contributed by atoms with Crippen molar-refractivity contribution >= 4 is 52.5 Å². The van der Waals surface area contributed by atoms with Gasteiger partial charge in [0.15, 0.2) is 5.17 Å². The van der Waals surface area contributed by atoms with E-state index in [-0.39, 0.29) is 24.0 Å². The summed E-state index contributed by atoms with van der Waals surface area (Å²) in [4.78, 5) is 4.18. The second-order valence-electron chi connectivity index (χ2n) is 2.80. The van der Waals surface area contributed by atoms with Gasteiger partial charge in [-0.25, -0.2) is 0 Å². The minimum absolute atomic E-state index is 0. The van der Waals surface area contributed by atoms with Crippen molar-refractivity contribution in [1.82, 2.24) is 0 Å². The molecule has 1 aromatic carbocycles. The van der Waals surface area contributed by atoms with Crippen molar-refractivity contribution in [2.75, 3.05) is 12.8 Å². The molecule has 1 rings (SSSR count). The van der Waals surface area contributed by atoms with Gasteiger partial charge >= 0.3 is 0 Å². The van der Waals surface area contributed by atoms with Crippen LogP contribution in [0.25, 0.3) is 0 Å². The summed E-state index contributed by atoms with van der Waals surface area (Å²) in [6.45, 7) is 0.730. The number of benzene rings is 1. The molecule has 0 saturated carbocycles. The van der Waals surface area contributed by atoms with Gasteiger partial charge in [-0.05, 0) is 30.4 Å². The van der Waals surface area contributed by atoms with Crippen molar-refractivity contribution in [1.29, 1.82) is 0 Å². The van der Waals surface area contributed by atoms with Crippen LogP contribution in [0.2, 0.25) is 5.02 Å². The van der Waals surface area contributed by atoms with Crippen molar-refractivity contribution in [3.63, 3.8) is 0 Å². The van der Waals surface area contributed by atoms with Gasteiger partial charge in [0.25, 0.3) is 0 Å². The largest absolute Gasteiger partial charge is 0.379 e. The molecule has 0 aromatic heterocycles. The zero-order valence-corrected chi connectivity index (χ0v) is 12.3. The average Bonchev–Trinajstić information content (AvgIpc) is 2.21. The summed E-state index contributed by atoms with van der Waals surface area (Å²) < 4.78 is 0. The molecule has 0 spiro atoms. The van der Waals surface area contributed by atoms with Crippen molar-refractivity contribution < 1.29 is 0 Å². The molecule has 0 unspecified atom stereocenters. The van der Waals surface area contributed by atoms with Crippen LogP contribution in [0, 0.1) is 0 Å². The van der Waals surface area contributed by atoms with Crippen molar-refractivity contribution in [2.24, 2.45) is 10.7 Å². The Morgan fingerprint density at radius 3 is 2.53 bits per heavy atom. The Kier molecular flexibility index (Phi) is 8.27. The molecule has 0 aliphatic heterocycles. The lowest BCUT2D eigenvalue weighted by atomic mass is 10.2. The van der Waals surface area contributed by atoms with Crippen molar-refractivity contribution in [2.45, 2.75) is 6.42 Å². The molecule has 5 heteroatoms. The Morgan fingerprint density at radius 1 is 1.40 bits per heavy atom. The minimum atomic E-state index is 0. The number of thioether (sulfide) groups is 1. The predicted molar refractivity (Wildman–Crippen MR) is 80.6 cm³/mol. The van der Waals surface area contributed by atoms with E-state index in [0.29, 0.717) is 5.17 Å². The second-order valence-corrected chi connectivity index (χ2v) is 4.06. The van der Waals surface area contributed by atoms with Gasteiger partial charge in [0.1, 0.15) is 0 Å².